The van der Waals surface area contributed by atoms with E-state index in [2.05, 4.69) is 28.9 Å². The summed E-state index contributed by atoms with van der Waals surface area (Å²) >= 11 is 1.56. The van der Waals surface area contributed by atoms with E-state index >= 15 is 0 Å². The van der Waals surface area contributed by atoms with Crippen LogP contribution < -0.4 is 5.56 Å². The molecule has 1 N–H and O–H groups in total. The number of aromatic nitrogens is 4. The van der Waals surface area contributed by atoms with Gasteiger partial charge < -0.3 is 4.98 Å². The third kappa shape index (κ3) is 2.92. The van der Waals surface area contributed by atoms with Crippen molar-refractivity contribution in [1.29, 1.82) is 0 Å². The van der Waals surface area contributed by atoms with Crippen LogP contribution in [0.1, 0.15) is 19.4 Å². The van der Waals surface area contributed by atoms with Crippen LogP contribution in [0.3, 0.4) is 0 Å². The van der Waals surface area contributed by atoms with E-state index in [-0.39, 0.29) is 5.56 Å². The summed E-state index contributed by atoms with van der Waals surface area (Å²) in [5.74, 6) is 1.45. The van der Waals surface area contributed by atoms with Crippen LogP contribution in [-0.2, 0) is 0 Å². The Morgan fingerprint density at radius 3 is 2.68 bits per heavy atom. The van der Waals surface area contributed by atoms with Crippen LogP contribution in [-0.4, -0.2) is 25.5 Å². The molecule has 114 valence electrons. The van der Waals surface area contributed by atoms with Crippen molar-refractivity contribution < 1.29 is 0 Å². The molecule has 0 saturated carbocycles. The molecular weight excluding hydrogens is 296 g/mol. The van der Waals surface area contributed by atoms with Gasteiger partial charge in [-0.25, -0.2) is 9.67 Å². The summed E-state index contributed by atoms with van der Waals surface area (Å²) in [6.45, 7) is 6.31. The molecule has 3 aromatic rings. The zero-order valence-corrected chi connectivity index (χ0v) is 13.6. The third-order valence-corrected chi connectivity index (χ3v) is 4.55. The molecule has 22 heavy (non-hydrogen) atoms. The number of thioether (sulfide) groups is 1. The molecule has 0 radical (unpaired) electrons. The van der Waals surface area contributed by atoms with E-state index in [1.807, 2.05) is 31.2 Å². The molecule has 2 heterocycles. The molecule has 0 aliphatic carbocycles. The molecule has 0 fully saturated rings. The Labute approximate surface area is 132 Å². The SMILES string of the molecule is Cc1ccc(-n2ncc3c(=O)[nH]c(SCC(C)C)nc32)cc1. The molecule has 0 saturated heterocycles. The van der Waals surface area contributed by atoms with Gasteiger partial charge in [0, 0.05) is 5.75 Å². The highest BCUT2D eigenvalue weighted by atomic mass is 32.2. The lowest BCUT2D eigenvalue weighted by atomic mass is 10.2. The van der Waals surface area contributed by atoms with Gasteiger partial charge in [-0.05, 0) is 25.0 Å². The van der Waals surface area contributed by atoms with Gasteiger partial charge in [-0.2, -0.15) is 5.10 Å². The van der Waals surface area contributed by atoms with Crippen molar-refractivity contribution in [3.8, 4) is 5.69 Å². The molecule has 0 atom stereocenters. The lowest BCUT2D eigenvalue weighted by Gasteiger charge is -2.06. The van der Waals surface area contributed by atoms with E-state index in [1.54, 1.807) is 22.6 Å². The molecule has 0 unspecified atom stereocenters. The van der Waals surface area contributed by atoms with Crippen LogP contribution in [0.25, 0.3) is 16.7 Å². The normalized spacial score (nSPS) is 11.5. The first-order chi connectivity index (χ1) is 10.5. The average molecular weight is 314 g/mol. The number of hydrogen-bond donors (Lipinski definition) is 1. The lowest BCUT2D eigenvalue weighted by molar-refractivity contribution is 0.747. The van der Waals surface area contributed by atoms with Crippen molar-refractivity contribution >= 4 is 22.8 Å². The molecule has 0 aliphatic heterocycles. The molecule has 0 bridgehead atoms. The van der Waals surface area contributed by atoms with Gasteiger partial charge in [0.1, 0.15) is 5.39 Å². The van der Waals surface area contributed by atoms with Gasteiger partial charge in [-0.1, -0.05) is 43.3 Å². The van der Waals surface area contributed by atoms with Crippen LogP contribution in [0.2, 0.25) is 0 Å². The van der Waals surface area contributed by atoms with Crippen LogP contribution in [0, 0.1) is 12.8 Å². The molecule has 5 nitrogen and oxygen atoms in total. The standard InChI is InChI=1S/C16H18N4OS/c1-10(2)9-22-16-18-14-13(15(21)19-16)8-17-20(14)12-6-4-11(3)5-7-12/h4-8,10H,9H2,1-3H3,(H,18,19,21). The lowest BCUT2D eigenvalue weighted by Crippen LogP contribution is -2.10. The zero-order valence-electron chi connectivity index (χ0n) is 12.8. The molecule has 2 aromatic heterocycles. The van der Waals surface area contributed by atoms with Crippen LogP contribution in [0.5, 0.6) is 0 Å². The Morgan fingerprint density at radius 1 is 1.27 bits per heavy atom. The summed E-state index contributed by atoms with van der Waals surface area (Å²) in [6, 6.07) is 7.99. The summed E-state index contributed by atoms with van der Waals surface area (Å²) in [7, 11) is 0. The first-order valence-electron chi connectivity index (χ1n) is 7.22. The Kier molecular flexibility index (Phi) is 4.02. The Morgan fingerprint density at radius 2 is 2.00 bits per heavy atom. The fourth-order valence-electron chi connectivity index (χ4n) is 2.09. The van der Waals surface area contributed by atoms with Gasteiger partial charge in [0.15, 0.2) is 10.8 Å². The molecule has 0 amide bonds. The number of nitrogens with one attached hydrogen (secondary N) is 1. The van der Waals surface area contributed by atoms with E-state index in [0.29, 0.717) is 22.1 Å². The van der Waals surface area contributed by atoms with E-state index in [1.165, 1.54) is 5.56 Å². The van der Waals surface area contributed by atoms with Gasteiger partial charge in [-0.3, -0.25) is 4.79 Å². The number of rotatable bonds is 4. The molecule has 0 aliphatic rings. The number of aromatic amines is 1. The van der Waals surface area contributed by atoms with Gasteiger partial charge in [0.05, 0.1) is 11.9 Å². The molecular formula is C16H18N4OS. The summed E-state index contributed by atoms with van der Waals surface area (Å²) < 4.78 is 1.71. The summed E-state index contributed by atoms with van der Waals surface area (Å²) in [6.07, 6.45) is 1.57. The van der Waals surface area contributed by atoms with Crippen LogP contribution in [0.15, 0.2) is 40.4 Å². The number of aryl methyl sites for hydroxylation is 1. The number of hydrogen-bond acceptors (Lipinski definition) is 4. The maximum Gasteiger partial charge on any atom is 0.262 e. The predicted octanol–water partition coefficient (Wildman–Crippen LogP) is 3.17. The number of benzene rings is 1. The van der Waals surface area contributed by atoms with Crippen LogP contribution in [0.4, 0.5) is 0 Å². The zero-order chi connectivity index (χ0) is 15.7. The van der Waals surface area contributed by atoms with Crippen LogP contribution >= 0.6 is 11.8 Å². The van der Waals surface area contributed by atoms with Gasteiger partial charge in [0.25, 0.3) is 5.56 Å². The van der Waals surface area contributed by atoms with Crippen molar-refractivity contribution in [3.63, 3.8) is 0 Å². The number of H-pyrrole nitrogens is 1. The van der Waals surface area contributed by atoms with E-state index in [0.717, 1.165) is 11.4 Å². The van der Waals surface area contributed by atoms with E-state index < -0.39 is 0 Å². The first-order valence-corrected chi connectivity index (χ1v) is 8.21. The highest BCUT2D eigenvalue weighted by molar-refractivity contribution is 7.99. The minimum Gasteiger partial charge on any atom is -0.301 e. The van der Waals surface area contributed by atoms with Gasteiger partial charge in [-0.15, -0.1) is 0 Å². The van der Waals surface area contributed by atoms with Crippen molar-refractivity contribution in [1.82, 2.24) is 19.7 Å². The van der Waals surface area contributed by atoms with Gasteiger partial charge in [0.2, 0.25) is 0 Å². The molecule has 1 aromatic carbocycles. The first kappa shape index (κ1) is 14.8. The highest BCUT2D eigenvalue weighted by Crippen LogP contribution is 2.19. The second kappa shape index (κ2) is 5.96. The van der Waals surface area contributed by atoms with Crippen molar-refractivity contribution in [2.75, 3.05) is 5.75 Å². The smallest absolute Gasteiger partial charge is 0.262 e. The Hall–Kier alpha value is -2.08. The minimum atomic E-state index is -0.144. The Balaban J connectivity index is 2.08. The molecule has 6 heteroatoms. The second-order valence-corrected chi connectivity index (χ2v) is 6.71. The van der Waals surface area contributed by atoms with E-state index in [4.69, 9.17) is 0 Å². The highest BCUT2D eigenvalue weighted by Gasteiger charge is 2.12. The minimum absolute atomic E-state index is 0.144. The van der Waals surface area contributed by atoms with Crippen molar-refractivity contribution in [3.05, 3.63) is 46.4 Å². The summed E-state index contributed by atoms with van der Waals surface area (Å²) in [5, 5.41) is 5.47. The van der Waals surface area contributed by atoms with Crippen molar-refractivity contribution in [2.24, 2.45) is 5.92 Å². The topological polar surface area (TPSA) is 63.6 Å². The van der Waals surface area contributed by atoms with E-state index in [9.17, 15) is 4.79 Å². The number of fused-ring (bicyclic) bond motifs is 1. The molecule has 3 rings (SSSR count). The molecule has 0 spiro atoms. The number of nitrogens with zero attached hydrogens (tertiary/aromatic N) is 3. The fraction of sp³-hybridized carbons (Fsp3) is 0.312. The van der Waals surface area contributed by atoms with Crippen molar-refractivity contribution in [2.45, 2.75) is 25.9 Å². The Bertz CT molecular complexity index is 849. The fourth-order valence-corrected chi connectivity index (χ4v) is 2.89. The largest absolute Gasteiger partial charge is 0.301 e. The summed E-state index contributed by atoms with van der Waals surface area (Å²) in [4.78, 5) is 19.6. The average Bonchev–Trinajstić information content (AvgIpc) is 2.90. The van der Waals surface area contributed by atoms with Gasteiger partial charge >= 0.3 is 0 Å². The maximum atomic E-state index is 12.2. The third-order valence-electron chi connectivity index (χ3n) is 3.25. The second-order valence-electron chi connectivity index (χ2n) is 5.71. The predicted molar refractivity (Wildman–Crippen MR) is 89.8 cm³/mol. The monoisotopic (exact) mass is 314 g/mol. The quantitative estimate of drug-likeness (QED) is 0.593. The maximum absolute atomic E-state index is 12.2. The summed E-state index contributed by atoms with van der Waals surface area (Å²) in [5.41, 5.74) is 2.53.